The molecule has 2 N–H and O–H groups in total. The Morgan fingerprint density at radius 3 is 2.58 bits per heavy atom. The summed E-state index contributed by atoms with van der Waals surface area (Å²) in [6.07, 6.45) is 7.04. The standard InChI is InChI=1S/C15H20INOS/c16-13-2-1-12(19-13)8-17-14-4-10-3-11(5-14)7-15(18,6-10)9-14/h1-2,10-11,17-18H,3-9H2. The number of nitrogens with one attached hydrogen (secondary N) is 1. The van der Waals surface area contributed by atoms with Crippen LogP contribution in [0.2, 0.25) is 0 Å². The Kier molecular flexibility index (Phi) is 3.03. The summed E-state index contributed by atoms with van der Waals surface area (Å²) in [5.74, 6) is 1.53. The van der Waals surface area contributed by atoms with E-state index in [1.807, 2.05) is 11.3 Å². The average Bonchev–Trinajstić information content (AvgIpc) is 2.69. The van der Waals surface area contributed by atoms with Gasteiger partial charge in [0, 0.05) is 17.0 Å². The molecule has 4 aliphatic rings. The maximum absolute atomic E-state index is 10.7. The van der Waals surface area contributed by atoms with Crippen molar-refractivity contribution in [1.82, 2.24) is 5.32 Å². The highest BCUT2D eigenvalue weighted by atomic mass is 127. The van der Waals surface area contributed by atoms with Gasteiger partial charge in [-0.3, -0.25) is 0 Å². The van der Waals surface area contributed by atoms with Crippen LogP contribution in [0.1, 0.15) is 43.4 Å². The summed E-state index contributed by atoms with van der Waals surface area (Å²) in [6, 6.07) is 4.42. The van der Waals surface area contributed by atoms with Crippen molar-refractivity contribution in [3.63, 3.8) is 0 Å². The highest BCUT2D eigenvalue weighted by Gasteiger charge is 2.56. The first-order valence-corrected chi connectivity index (χ1v) is 9.15. The van der Waals surface area contributed by atoms with Gasteiger partial charge in [-0.2, -0.15) is 0 Å². The minimum atomic E-state index is -0.346. The molecule has 0 aliphatic heterocycles. The van der Waals surface area contributed by atoms with Crippen LogP contribution in [0, 0.1) is 14.7 Å². The van der Waals surface area contributed by atoms with Gasteiger partial charge < -0.3 is 10.4 Å². The second kappa shape index (κ2) is 4.42. The number of thiophene rings is 1. The molecule has 0 amide bonds. The molecule has 4 fully saturated rings. The molecule has 19 heavy (non-hydrogen) atoms. The third-order valence-electron chi connectivity index (χ3n) is 5.30. The van der Waals surface area contributed by atoms with Crippen molar-refractivity contribution in [2.45, 2.75) is 56.2 Å². The first-order chi connectivity index (χ1) is 9.04. The molecule has 0 spiro atoms. The number of hydrogen-bond donors (Lipinski definition) is 2. The van der Waals surface area contributed by atoms with Crippen LogP contribution in [-0.2, 0) is 6.54 Å². The Hall–Kier alpha value is 0.350. The molecule has 2 nitrogen and oxygen atoms in total. The zero-order valence-electron chi connectivity index (χ0n) is 11.0. The Bertz CT molecular complexity index is 486. The Morgan fingerprint density at radius 2 is 2.00 bits per heavy atom. The summed E-state index contributed by atoms with van der Waals surface area (Å²) in [7, 11) is 0. The van der Waals surface area contributed by atoms with Crippen LogP contribution >= 0.6 is 33.9 Å². The van der Waals surface area contributed by atoms with E-state index in [1.165, 1.54) is 27.0 Å². The van der Waals surface area contributed by atoms with E-state index < -0.39 is 0 Å². The van der Waals surface area contributed by atoms with Crippen molar-refractivity contribution in [2.24, 2.45) is 11.8 Å². The topological polar surface area (TPSA) is 32.3 Å². The fraction of sp³-hybridized carbons (Fsp3) is 0.733. The van der Waals surface area contributed by atoms with Gasteiger partial charge >= 0.3 is 0 Å². The predicted octanol–water partition coefficient (Wildman–Crippen LogP) is 3.53. The maximum Gasteiger partial charge on any atom is 0.0670 e. The SMILES string of the molecule is OC12CC3CC(C1)CC(NCc1ccc(I)s1)(C3)C2. The molecule has 1 aromatic heterocycles. The molecule has 4 bridgehead atoms. The monoisotopic (exact) mass is 389 g/mol. The quantitative estimate of drug-likeness (QED) is 0.776. The molecule has 4 aliphatic carbocycles. The van der Waals surface area contributed by atoms with Crippen molar-refractivity contribution >= 4 is 33.9 Å². The van der Waals surface area contributed by atoms with Crippen LogP contribution in [0.25, 0.3) is 0 Å². The third-order valence-corrected chi connectivity index (χ3v) is 7.19. The van der Waals surface area contributed by atoms with E-state index in [0.717, 1.165) is 37.6 Å². The Balaban J connectivity index is 1.51. The second-order valence-corrected chi connectivity index (χ2v) is 10.1. The van der Waals surface area contributed by atoms with Crippen molar-refractivity contribution in [3.05, 3.63) is 19.9 Å². The van der Waals surface area contributed by atoms with E-state index in [0.29, 0.717) is 0 Å². The number of halogens is 1. The molecule has 0 radical (unpaired) electrons. The van der Waals surface area contributed by atoms with Crippen molar-refractivity contribution in [1.29, 1.82) is 0 Å². The molecular formula is C15H20INOS. The fourth-order valence-electron chi connectivity index (χ4n) is 5.14. The van der Waals surface area contributed by atoms with Crippen LogP contribution in [0.3, 0.4) is 0 Å². The van der Waals surface area contributed by atoms with Gasteiger partial charge in [0.25, 0.3) is 0 Å². The second-order valence-electron chi connectivity index (χ2n) is 7.03. The minimum absolute atomic E-state index is 0.230. The van der Waals surface area contributed by atoms with Gasteiger partial charge in [0.1, 0.15) is 0 Å². The lowest BCUT2D eigenvalue weighted by molar-refractivity contribution is -0.142. The summed E-state index contributed by atoms with van der Waals surface area (Å²) in [4.78, 5) is 1.42. The van der Waals surface area contributed by atoms with Gasteiger partial charge in [0.05, 0.1) is 8.48 Å². The lowest BCUT2D eigenvalue weighted by Crippen LogP contribution is -2.64. The van der Waals surface area contributed by atoms with Gasteiger partial charge in [-0.15, -0.1) is 11.3 Å². The van der Waals surface area contributed by atoms with E-state index in [1.54, 1.807) is 0 Å². The van der Waals surface area contributed by atoms with Gasteiger partial charge in [0.15, 0.2) is 0 Å². The van der Waals surface area contributed by atoms with E-state index in [2.05, 4.69) is 40.0 Å². The predicted molar refractivity (Wildman–Crippen MR) is 86.2 cm³/mol. The van der Waals surface area contributed by atoms with Crippen LogP contribution in [0.15, 0.2) is 12.1 Å². The van der Waals surface area contributed by atoms with Gasteiger partial charge in [-0.1, -0.05) is 0 Å². The largest absolute Gasteiger partial charge is 0.390 e. The minimum Gasteiger partial charge on any atom is -0.390 e. The molecule has 0 aromatic carbocycles. The molecule has 1 heterocycles. The van der Waals surface area contributed by atoms with Crippen molar-refractivity contribution < 1.29 is 5.11 Å². The summed E-state index contributed by atoms with van der Waals surface area (Å²) in [6.45, 7) is 0.975. The Morgan fingerprint density at radius 1 is 1.26 bits per heavy atom. The van der Waals surface area contributed by atoms with E-state index >= 15 is 0 Å². The summed E-state index contributed by atoms with van der Waals surface area (Å²) in [5, 5.41) is 14.6. The lowest BCUT2D eigenvalue weighted by atomic mass is 9.51. The van der Waals surface area contributed by atoms with Crippen LogP contribution < -0.4 is 5.32 Å². The molecule has 4 heteroatoms. The number of rotatable bonds is 3. The normalized spacial score (nSPS) is 43.9. The maximum atomic E-state index is 10.7. The summed E-state index contributed by atoms with van der Waals surface area (Å²) in [5.41, 5.74) is -0.116. The van der Waals surface area contributed by atoms with Crippen molar-refractivity contribution in [3.8, 4) is 0 Å². The molecule has 5 rings (SSSR count). The lowest BCUT2D eigenvalue weighted by Gasteiger charge is -2.60. The molecule has 1 aromatic rings. The van der Waals surface area contributed by atoms with Gasteiger partial charge in [-0.25, -0.2) is 0 Å². The molecule has 0 saturated heterocycles. The third kappa shape index (κ3) is 2.39. The molecule has 2 unspecified atom stereocenters. The van der Waals surface area contributed by atoms with E-state index in [4.69, 9.17) is 0 Å². The zero-order valence-corrected chi connectivity index (χ0v) is 14.0. The van der Waals surface area contributed by atoms with E-state index in [-0.39, 0.29) is 11.1 Å². The average molecular weight is 389 g/mol. The zero-order chi connectivity index (χ0) is 13.1. The van der Waals surface area contributed by atoms with Crippen molar-refractivity contribution in [2.75, 3.05) is 0 Å². The smallest absolute Gasteiger partial charge is 0.0670 e. The molecule has 104 valence electrons. The highest BCUT2D eigenvalue weighted by molar-refractivity contribution is 14.1. The molecule has 2 atom stereocenters. The highest BCUT2D eigenvalue weighted by Crippen LogP contribution is 2.57. The van der Waals surface area contributed by atoms with Gasteiger partial charge in [-0.05, 0) is 85.1 Å². The van der Waals surface area contributed by atoms with E-state index in [9.17, 15) is 5.11 Å². The molecule has 4 saturated carbocycles. The fourth-order valence-corrected chi connectivity index (χ4v) is 6.84. The van der Waals surface area contributed by atoms with Crippen LogP contribution in [0.5, 0.6) is 0 Å². The summed E-state index contributed by atoms with van der Waals surface area (Å²) >= 11 is 4.26. The molecular weight excluding hydrogens is 369 g/mol. The summed E-state index contributed by atoms with van der Waals surface area (Å²) < 4.78 is 1.36. The Labute approximate surface area is 132 Å². The first-order valence-electron chi connectivity index (χ1n) is 7.26. The van der Waals surface area contributed by atoms with Gasteiger partial charge in [0.2, 0.25) is 0 Å². The van der Waals surface area contributed by atoms with Crippen LogP contribution in [-0.4, -0.2) is 16.2 Å². The first kappa shape index (κ1) is 13.0. The number of aliphatic hydroxyl groups is 1. The number of hydrogen-bond acceptors (Lipinski definition) is 3. The van der Waals surface area contributed by atoms with Crippen LogP contribution in [0.4, 0.5) is 0 Å².